The van der Waals surface area contributed by atoms with Crippen molar-refractivity contribution >= 4 is 17.4 Å². The van der Waals surface area contributed by atoms with Crippen molar-refractivity contribution in [2.24, 2.45) is 0 Å². The van der Waals surface area contributed by atoms with E-state index in [9.17, 15) is 14.7 Å². The number of hydrogen-bond donors (Lipinski definition) is 1. The SMILES string of the molecule is CCOc1ccc(/C(O)=C2/C(=O)C(=O)N(Cc3cccnc3)C2c2ccc(OC)cc2)cc1C(C)C. The third-order valence-corrected chi connectivity index (χ3v) is 6.25. The van der Waals surface area contributed by atoms with Gasteiger partial charge in [0, 0.05) is 24.5 Å². The molecule has 1 aromatic heterocycles. The highest BCUT2D eigenvalue weighted by Crippen LogP contribution is 2.41. The number of carbonyl (C=O) groups is 2. The second kappa shape index (κ2) is 10.6. The number of carbonyl (C=O) groups excluding carboxylic acids is 2. The molecule has 7 heteroatoms. The summed E-state index contributed by atoms with van der Waals surface area (Å²) in [5.74, 6) is -0.102. The number of Topliss-reactive ketones (excluding diaryl/α,β-unsaturated/α-hetero) is 1. The molecule has 36 heavy (non-hydrogen) atoms. The molecule has 1 amide bonds. The fraction of sp³-hybridized carbons (Fsp3) is 0.276. The summed E-state index contributed by atoms with van der Waals surface area (Å²) in [4.78, 5) is 32.2. The zero-order chi connectivity index (χ0) is 25.8. The van der Waals surface area contributed by atoms with Gasteiger partial charge in [-0.15, -0.1) is 0 Å². The van der Waals surface area contributed by atoms with Crippen LogP contribution in [-0.4, -0.2) is 40.4 Å². The van der Waals surface area contributed by atoms with E-state index in [1.54, 1.807) is 62.0 Å². The second-order valence-electron chi connectivity index (χ2n) is 8.90. The number of ether oxygens (including phenoxy) is 2. The Morgan fingerprint density at radius 3 is 2.47 bits per heavy atom. The van der Waals surface area contributed by atoms with Gasteiger partial charge in [-0.1, -0.05) is 32.0 Å². The first-order valence-corrected chi connectivity index (χ1v) is 11.9. The Bertz CT molecular complexity index is 1280. The van der Waals surface area contributed by atoms with E-state index >= 15 is 0 Å². The number of aliphatic hydroxyl groups is 1. The van der Waals surface area contributed by atoms with Gasteiger partial charge in [-0.2, -0.15) is 0 Å². The van der Waals surface area contributed by atoms with Crippen molar-refractivity contribution in [3.8, 4) is 11.5 Å². The fourth-order valence-corrected chi connectivity index (χ4v) is 4.45. The predicted octanol–water partition coefficient (Wildman–Crippen LogP) is 5.23. The molecule has 2 heterocycles. The summed E-state index contributed by atoms with van der Waals surface area (Å²) < 4.78 is 11.0. The van der Waals surface area contributed by atoms with Crippen LogP contribution in [0.5, 0.6) is 11.5 Å². The number of likely N-dealkylation sites (tertiary alicyclic amines) is 1. The van der Waals surface area contributed by atoms with Crippen LogP contribution in [0.15, 0.2) is 72.6 Å². The Kier molecular flexibility index (Phi) is 7.38. The van der Waals surface area contributed by atoms with Gasteiger partial charge in [0.15, 0.2) is 0 Å². The summed E-state index contributed by atoms with van der Waals surface area (Å²) in [7, 11) is 1.57. The van der Waals surface area contributed by atoms with Crippen molar-refractivity contribution in [3.63, 3.8) is 0 Å². The van der Waals surface area contributed by atoms with Crippen LogP contribution in [-0.2, 0) is 16.1 Å². The average molecular weight is 487 g/mol. The second-order valence-corrected chi connectivity index (χ2v) is 8.90. The van der Waals surface area contributed by atoms with Crippen molar-refractivity contribution in [1.29, 1.82) is 0 Å². The number of methoxy groups -OCH3 is 1. The van der Waals surface area contributed by atoms with Crippen molar-refractivity contribution in [2.75, 3.05) is 13.7 Å². The summed E-state index contributed by atoms with van der Waals surface area (Å²) in [6, 6.07) is 15.3. The highest BCUT2D eigenvalue weighted by molar-refractivity contribution is 6.46. The molecule has 1 N–H and O–H groups in total. The minimum atomic E-state index is -0.773. The Balaban J connectivity index is 1.86. The number of aliphatic hydroxyl groups excluding tert-OH is 1. The van der Waals surface area contributed by atoms with E-state index in [1.807, 2.05) is 32.9 Å². The first-order valence-electron chi connectivity index (χ1n) is 11.9. The summed E-state index contributed by atoms with van der Waals surface area (Å²) >= 11 is 0. The number of ketones is 1. The number of benzene rings is 2. The first kappa shape index (κ1) is 25.0. The summed E-state index contributed by atoms with van der Waals surface area (Å²) in [6.07, 6.45) is 3.31. The van der Waals surface area contributed by atoms with Crippen LogP contribution in [0.4, 0.5) is 0 Å². The Morgan fingerprint density at radius 2 is 1.86 bits per heavy atom. The number of amides is 1. The maximum Gasteiger partial charge on any atom is 0.295 e. The molecule has 2 aromatic carbocycles. The van der Waals surface area contributed by atoms with Crippen LogP contribution >= 0.6 is 0 Å². The number of hydrogen-bond acceptors (Lipinski definition) is 6. The monoisotopic (exact) mass is 486 g/mol. The van der Waals surface area contributed by atoms with Gasteiger partial charge in [-0.05, 0) is 65.9 Å². The van der Waals surface area contributed by atoms with Gasteiger partial charge in [0.1, 0.15) is 17.3 Å². The lowest BCUT2D eigenvalue weighted by molar-refractivity contribution is -0.140. The highest BCUT2D eigenvalue weighted by Gasteiger charge is 2.46. The average Bonchev–Trinajstić information content (AvgIpc) is 3.14. The normalized spacial score (nSPS) is 17.0. The molecule has 1 unspecified atom stereocenters. The number of nitrogens with zero attached hydrogens (tertiary/aromatic N) is 2. The molecule has 1 aliphatic rings. The van der Waals surface area contributed by atoms with Crippen molar-refractivity contribution in [1.82, 2.24) is 9.88 Å². The predicted molar refractivity (Wildman–Crippen MR) is 137 cm³/mol. The van der Waals surface area contributed by atoms with E-state index in [2.05, 4.69) is 4.98 Å². The number of aromatic nitrogens is 1. The van der Waals surface area contributed by atoms with Crippen molar-refractivity contribution < 1.29 is 24.2 Å². The van der Waals surface area contributed by atoms with Gasteiger partial charge >= 0.3 is 0 Å². The largest absolute Gasteiger partial charge is 0.507 e. The van der Waals surface area contributed by atoms with E-state index in [0.717, 1.165) is 16.9 Å². The minimum Gasteiger partial charge on any atom is -0.507 e. The van der Waals surface area contributed by atoms with E-state index in [-0.39, 0.29) is 23.8 Å². The molecule has 0 radical (unpaired) electrons. The quantitative estimate of drug-likeness (QED) is 0.266. The third-order valence-electron chi connectivity index (χ3n) is 6.25. The Hall–Kier alpha value is -4.13. The topological polar surface area (TPSA) is 89.0 Å². The molecule has 1 saturated heterocycles. The molecule has 0 spiro atoms. The van der Waals surface area contributed by atoms with Gasteiger partial charge in [-0.25, -0.2) is 0 Å². The zero-order valence-corrected chi connectivity index (χ0v) is 20.9. The standard InChI is InChI=1S/C29H30N2O5/c1-5-36-24-13-10-21(15-23(24)18(2)3)27(32)25-26(20-8-11-22(35-4)12-9-20)31(29(34)28(25)33)17-19-7-6-14-30-16-19/h6-16,18,26,32H,5,17H2,1-4H3/b27-25-. The highest BCUT2D eigenvalue weighted by atomic mass is 16.5. The smallest absolute Gasteiger partial charge is 0.295 e. The van der Waals surface area contributed by atoms with Gasteiger partial charge in [0.2, 0.25) is 0 Å². The van der Waals surface area contributed by atoms with Crippen LogP contribution in [0.3, 0.4) is 0 Å². The molecular formula is C29H30N2O5. The van der Waals surface area contributed by atoms with Crippen LogP contribution in [0.25, 0.3) is 5.76 Å². The van der Waals surface area contributed by atoms with E-state index < -0.39 is 17.7 Å². The molecule has 4 rings (SSSR count). The number of pyridine rings is 1. The Labute approximate surface area is 211 Å². The number of rotatable bonds is 8. The Morgan fingerprint density at radius 1 is 1.11 bits per heavy atom. The molecule has 3 aromatic rings. The maximum atomic E-state index is 13.3. The maximum absolute atomic E-state index is 13.3. The molecule has 1 aliphatic heterocycles. The van der Waals surface area contributed by atoms with Crippen LogP contribution in [0.1, 0.15) is 55.0 Å². The molecule has 0 saturated carbocycles. The first-order chi connectivity index (χ1) is 17.3. The van der Waals surface area contributed by atoms with Gasteiger partial charge in [-0.3, -0.25) is 14.6 Å². The molecular weight excluding hydrogens is 456 g/mol. The summed E-state index contributed by atoms with van der Waals surface area (Å²) in [5.41, 5.74) is 2.89. The minimum absolute atomic E-state index is 0.0490. The van der Waals surface area contributed by atoms with Gasteiger partial charge in [0.25, 0.3) is 11.7 Å². The zero-order valence-electron chi connectivity index (χ0n) is 20.9. The van der Waals surface area contributed by atoms with E-state index in [1.165, 1.54) is 4.90 Å². The van der Waals surface area contributed by atoms with E-state index in [4.69, 9.17) is 9.47 Å². The van der Waals surface area contributed by atoms with Crippen molar-refractivity contribution in [3.05, 3.63) is 94.8 Å². The lowest BCUT2D eigenvalue weighted by atomic mass is 9.93. The molecule has 1 atom stereocenters. The van der Waals surface area contributed by atoms with Gasteiger partial charge in [0.05, 0.1) is 25.3 Å². The summed E-state index contributed by atoms with van der Waals surface area (Å²) in [5, 5.41) is 11.5. The van der Waals surface area contributed by atoms with Crippen LogP contribution in [0, 0.1) is 0 Å². The van der Waals surface area contributed by atoms with E-state index in [0.29, 0.717) is 23.5 Å². The lowest BCUT2D eigenvalue weighted by Gasteiger charge is -2.25. The molecule has 7 nitrogen and oxygen atoms in total. The van der Waals surface area contributed by atoms with Crippen LogP contribution < -0.4 is 9.47 Å². The van der Waals surface area contributed by atoms with Gasteiger partial charge < -0.3 is 19.5 Å². The van der Waals surface area contributed by atoms with Crippen LogP contribution in [0.2, 0.25) is 0 Å². The van der Waals surface area contributed by atoms with Crippen molar-refractivity contribution in [2.45, 2.75) is 39.3 Å². The molecule has 186 valence electrons. The fourth-order valence-electron chi connectivity index (χ4n) is 4.45. The molecule has 0 aliphatic carbocycles. The molecule has 1 fully saturated rings. The molecule has 0 bridgehead atoms. The third kappa shape index (κ3) is 4.82. The lowest BCUT2D eigenvalue weighted by Crippen LogP contribution is -2.29. The summed E-state index contributed by atoms with van der Waals surface area (Å²) in [6.45, 7) is 6.67.